The van der Waals surface area contributed by atoms with Gasteiger partial charge in [-0.05, 0) is 43.3 Å². The summed E-state index contributed by atoms with van der Waals surface area (Å²) in [6, 6.07) is 12.7. The normalized spacial score (nSPS) is 11.3. The van der Waals surface area contributed by atoms with Gasteiger partial charge in [0.25, 0.3) is 0 Å². The zero-order valence-corrected chi connectivity index (χ0v) is 12.4. The van der Waals surface area contributed by atoms with Gasteiger partial charge in [-0.25, -0.2) is 8.42 Å². The first kappa shape index (κ1) is 14.5. The van der Waals surface area contributed by atoms with Crippen molar-refractivity contribution < 1.29 is 8.42 Å². The van der Waals surface area contributed by atoms with E-state index in [4.69, 9.17) is 0 Å². The lowest BCUT2D eigenvalue weighted by Gasteiger charge is -2.07. The van der Waals surface area contributed by atoms with Crippen molar-refractivity contribution in [1.29, 1.82) is 0 Å². The van der Waals surface area contributed by atoms with Gasteiger partial charge in [0.2, 0.25) is 0 Å². The second kappa shape index (κ2) is 6.05. The van der Waals surface area contributed by atoms with Gasteiger partial charge in [0.15, 0.2) is 9.84 Å². The van der Waals surface area contributed by atoms with E-state index in [9.17, 15) is 8.42 Å². The van der Waals surface area contributed by atoms with E-state index in [1.165, 1.54) is 0 Å². The molecule has 2 rings (SSSR count). The van der Waals surface area contributed by atoms with Gasteiger partial charge in [-0.15, -0.1) is 0 Å². The van der Waals surface area contributed by atoms with Gasteiger partial charge >= 0.3 is 0 Å². The molecule has 2 aromatic rings. The quantitative estimate of drug-likeness (QED) is 0.920. The first-order valence-corrected chi connectivity index (χ1v) is 8.16. The minimum atomic E-state index is -3.13. The number of pyridine rings is 1. The number of hydrogen-bond acceptors (Lipinski definition) is 4. The van der Waals surface area contributed by atoms with Crippen LogP contribution < -0.4 is 5.32 Å². The summed E-state index contributed by atoms with van der Waals surface area (Å²) in [5, 5.41) is 3.23. The Morgan fingerprint density at radius 1 is 1.10 bits per heavy atom. The maximum Gasteiger partial charge on any atom is 0.178 e. The van der Waals surface area contributed by atoms with Gasteiger partial charge in [-0.2, -0.15) is 0 Å². The standard InChI is InChI=1S/C15H18N2O2S/c1-3-20(18,19)15-9-7-13(8-10-15)16-11-14-6-4-5-12(2)17-14/h4-10,16H,3,11H2,1-2H3. The third-order valence-electron chi connectivity index (χ3n) is 3.01. The highest BCUT2D eigenvalue weighted by Gasteiger charge is 2.10. The summed E-state index contributed by atoms with van der Waals surface area (Å²) in [6.45, 7) is 4.21. The lowest BCUT2D eigenvalue weighted by atomic mass is 10.3. The minimum Gasteiger partial charge on any atom is -0.379 e. The van der Waals surface area contributed by atoms with Gasteiger partial charge in [0, 0.05) is 11.4 Å². The van der Waals surface area contributed by atoms with Gasteiger partial charge < -0.3 is 5.32 Å². The smallest absolute Gasteiger partial charge is 0.178 e. The van der Waals surface area contributed by atoms with E-state index in [0.29, 0.717) is 11.4 Å². The zero-order valence-electron chi connectivity index (χ0n) is 11.6. The number of aromatic nitrogens is 1. The van der Waals surface area contributed by atoms with Crippen LogP contribution in [0.4, 0.5) is 5.69 Å². The molecule has 0 aliphatic heterocycles. The molecule has 1 aromatic carbocycles. The van der Waals surface area contributed by atoms with Crippen molar-refractivity contribution in [3.63, 3.8) is 0 Å². The van der Waals surface area contributed by atoms with E-state index >= 15 is 0 Å². The fourth-order valence-corrected chi connectivity index (χ4v) is 2.72. The molecule has 0 atom stereocenters. The van der Waals surface area contributed by atoms with E-state index in [2.05, 4.69) is 10.3 Å². The summed E-state index contributed by atoms with van der Waals surface area (Å²) in [7, 11) is -3.13. The van der Waals surface area contributed by atoms with Crippen molar-refractivity contribution in [2.24, 2.45) is 0 Å². The van der Waals surface area contributed by atoms with Crippen LogP contribution in [0.15, 0.2) is 47.4 Å². The molecule has 0 spiro atoms. The Balaban J connectivity index is 2.05. The molecule has 20 heavy (non-hydrogen) atoms. The summed E-state index contributed by atoms with van der Waals surface area (Å²) in [5.41, 5.74) is 2.81. The van der Waals surface area contributed by atoms with Crippen molar-refractivity contribution in [2.45, 2.75) is 25.3 Å². The lowest BCUT2D eigenvalue weighted by molar-refractivity contribution is 0.597. The average molecular weight is 290 g/mol. The molecule has 0 aliphatic rings. The molecular weight excluding hydrogens is 272 g/mol. The van der Waals surface area contributed by atoms with Crippen LogP contribution in [0, 0.1) is 6.92 Å². The predicted octanol–water partition coefficient (Wildman–Crippen LogP) is 2.80. The molecule has 1 heterocycles. The van der Waals surface area contributed by atoms with Gasteiger partial charge in [0.05, 0.1) is 22.9 Å². The zero-order chi connectivity index (χ0) is 14.6. The summed E-state index contributed by atoms with van der Waals surface area (Å²) >= 11 is 0. The molecule has 0 radical (unpaired) electrons. The summed E-state index contributed by atoms with van der Waals surface area (Å²) in [5.74, 6) is 0.118. The molecule has 0 saturated heterocycles. The Hall–Kier alpha value is -1.88. The maximum atomic E-state index is 11.7. The summed E-state index contributed by atoms with van der Waals surface area (Å²) in [6.07, 6.45) is 0. The van der Waals surface area contributed by atoms with Crippen LogP contribution in [-0.2, 0) is 16.4 Å². The van der Waals surface area contributed by atoms with Crippen LogP contribution in [0.25, 0.3) is 0 Å². The molecule has 0 bridgehead atoms. The monoisotopic (exact) mass is 290 g/mol. The highest BCUT2D eigenvalue weighted by molar-refractivity contribution is 7.91. The maximum absolute atomic E-state index is 11.7. The highest BCUT2D eigenvalue weighted by atomic mass is 32.2. The molecule has 106 valence electrons. The topological polar surface area (TPSA) is 59.1 Å². The third-order valence-corrected chi connectivity index (χ3v) is 4.76. The number of aryl methyl sites for hydroxylation is 1. The molecular formula is C15H18N2O2S. The van der Waals surface area contributed by atoms with Crippen LogP contribution in [-0.4, -0.2) is 19.2 Å². The van der Waals surface area contributed by atoms with E-state index in [1.54, 1.807) is 31.2 Å². The van der Waals surface area contributed by atoms with Crippen LogP contribution in [0.2, 0.25) is 0 Å². The summed E-state index contributed by atoms with van der Waals surface area (Å²) < 4.78 is 23.4. The van der Waals surface area contributed by atoms with E-state index in [-0.39, 0.29) is 5.75 Å². The Labute approximate surface area is 119 Å². The van der Waals surface area contributed by atoms with Crippen molar-refractivity contribution in [1.82, 2.24) is 4.98 Å². The second-order valence-corrected chi connectivity index (χ2v) is 6.83. The molecule has 0 fully saturated rings. The highest BCUT2D eigenvalue weighted by Crippen LogP contribution is 2.15. The molecule has 0 aliphatic carbocycles. The van der Waals surface area contributed by atoms with E-state index in [0.717, 1.165) is 17.1 Å². The Kier molecular flexibility index (Phi) is 4.39. The largest absolute Gasteiger partial charge is 0.379 e. The van der Waals surface area contributed by atoms with Crippen molar-refractivity contribution in [3.05, 3.63) is 53.9 Å². The molecule has 5 heteroatoms. The van der Waals surface area contributed by atoms with Gasteiger partial charge in [-0.3, -0.25) is 4.98 Å². The second-order valence-electron chi connectivity index (χ2n) is 4.55. The van der Waals surface area contributed by atoms with Gasteiger partial charge in [0.1, 0.15) is 0 Å². The predicted molar refractivity (Wildman–Crippen MR) is 80.5 cm³/mol. The lowest BCUT2D eigenvalue weighted by Crippen LogP contribution is -2.05. The molecule has 0 unspecified atom stereocenters. The van der Waals surface area contributed by atoms with Crippen molar-refractivity contribution in [3.8, 4) is 0 Å². The number of anilines is 1. The van der Waals surface area contributed by atoms with E-state index < -0.39 is 9.84 Å². The fraction of sp³-hybridized carbons (Fsp3) is 0.267. The number of nitrogens with zero attached hydrogens (tertiary/aromatic N) is 1. The van der Waals surface area contributed by atoms with Crippen molar-refractivity contribution >= 4 is 15.5 Å². The number of sulfone groups is 1. The van der Waals surface area contributed by atoms with Gasteiger partial charge in [-0.1, -0.05) is 13.0 Å². The Morgan fingerprint density at radius 2 is 1.80 bits per heavy atom. The molecule has 1 N–H and O–H groups in total. The minimum absolute atomic E-state index is 0.118. The van der Waals surface area contributed by atoms with Crippen LogP contribution in [0.3, 0.4) is 0 Å². The first-order chi connectivity index (χ1) is 9.51. The Morgan fingerprint density at radius 3 is 2.40 bits per heavy atom. The molecule has 1 aromatic heterocycles. The van der Waals surface area contributed by atoms with Crippen molar-refractivity contribution in [2.75, 3.05) is 11.1 Å². The molecule has 4 nitrogen and oxygen atoms in total. The first-order valence-electron chi connectivity index (χ1n) is 6.50. The number of nitrogens with one attached hydrogen (secondary N) is 1. The SMILES string of the molecule is CCS(=O)(=O)c1ccc(NCc2cccc(C)n2)cc1. The number of benzene rings is 1. The summed E-state index contributed by atoms with van der Waals surface area (Å²) in [4.78, 5) is 4.76. The number of hydrogen-bond donors (Lipinski definition) is 1. The van der Waals surface area contributed by atoms with Crippen LogP contribution in [0.5, 0.6) is 0 Å². The molecule has 0 saturated carbocycles. The molecule has 0 amide bonds. The number of rotatable bonds is 5. The van der Waals surface area contributed by atoms with Crippen LogP contribution in [0.1, 0.15) is 18.3 Å². The average Bonchev–Trinajstić information content (AvgIpc) is 2.46. The van der Waals surface area contributed by atoms with Crippen LogP contribution >= 0.6 is 0 Å². The Bertz CT molecular complexity index is 679. The third kappa shape index (κ3) is 3.57. The fourth-order valence-electron chi connectivity index (χ4n) is 1.84. The van der Waals surface area contributed by atoms with E-state index in [1.807, 2.05) is 25.1 Å².